The number of nitrogens with zero attached hydrogens (tertiary/aromatic N) is 6. The van der Waals surface area contributed by atoms with Crippen LogP contribution < -0.4 is 5.32 Å². The summed E-state index contributed by atoms with van der Waals surface area (Å²) in [5.74, 6) is 0.761. The lowest BCUT2D eigenvalue weighted by atomic mass is 10.1. The highest BCUT2D eigenvalue weighted by Gasteiger charge is 2.16. The van der Waals surface area contributed by atoms with Gasteiger partial charge < -0.3 is 10.3 Å². The fourth-order valence-electron chi connectivity index (χ4n) is 3.43. The summed E-state index contributed by atoms with van der Waals surface area (Å²) in [5, 5.41) is 16.6. The van der Waals surface area contributed by atoms with Crippen LogP contribution in [0.5, 0.6) is 0 Å². The number of hydrogen-bond donors (Lipinski definition) is 2. The van der Waals surface area contributed by atoms with E-state index in [0.29, 0.717) is 12.1 Å². The molecule has 31 heavy (non-hydrogen) atoms. The van der Waals surface area contributed by atoms with Gasteiger partial charge in [0.05, 0.1) is 35.3 Å². The SMILES string of the molecule is Cc1cccc(-c2[nH]c(CNc3cccc(C#N)c3)nc2-c2ccn3ncnc3c2)n1. The van der Waals surface area contributed by atoms with Crippen LogP contribution in [0.1, 0.15) is 17.1 Å². The van der Waals surface area contributed by atoms with Crippen LogP contribution in [0.25, 0.3) is 28.3 Å². The molecule has 0 saturated heterocycles. The monoisotopic (exact) mass is 406 g/mol. The van der Waals surface area contributed by atoms with Gasteiger partial charge in [0.2, 0.25) is 0 Å². The number of fused-ring (bicyclic) bond motifs is 1. The third kappa shape index (κ3) is 3.72. The molecule has 0 saturated carbocycles. The molecule has 0 radical (unpaired) electrons. The molecule has 2 N–H and O–H groups in total. The van der Waals surface area contributed by atoms with E-state index in [1.807, 2.05) is 61.7 Å². The van der Waals surface area contributed by atoms with Gasteiger partial charge in [-0.1, -0.05) is 12.1 Å². The lowest BCUT2D eigenvalue weighted by Gasteiger charge is -2.04. The van der Waals surface area contributed by atoms with Crippen molar-refractivity contribution in [3.63, 3.8) is 0 Å². The fraction of sp³-hybridized carbons (Fsp3) is 0.0870. The molecule has 4 aromatic heterocycles. The Bertz CT molecular complexity index is 1420. The predicted molar refractivity (Wildman–Crippen MR) is 117 cm³/mol. The molecule has 0 unspecified atom stereocenters. The largest absolute Gasteiger partial charge is 0.378 e. The van der Waals surface area contributed by atoms with E-state index in [-0.39, 0.29) is 0 Å². The minimum atomic E-state index is 0.473. The van der Waals surface area contributed by atoms with Crippen molar-refractivity contribution >= 4 is 11.3 Å². The van der Waals surface area contributed by atoms with Crippen LogP contribution in [0.4, 0.5) is 5.69 Å². The first-order chi connectivity index (χ1) is 15.2. The van der Waals surface area contributed by atoms with Gasteiger partial charge in [0.15, 0.2) is 5.65 Å². The van der Waals surface area contributed by atoms with Crippen molar-refractivity contribution in [2.75, 3.05) is 5.32 Å². The molecule has 5 aromatic rings. The third-order valence-corrected chi connectivity index (χ3v) is 4.90. The molecule has 0 fully saturated rings. The predicted octanol–water partition coefficient (Wildman–Crippen LogP) is 3.97. The zero-order chi connectivity index (χ0) is 21.2. The number of hydrogen-bond acceptors (Lipinski definition) is 6. The van der Waals surface area contributed by atoms with Crippen molar-refractivity contribution < 1.29 is 0 Å². The van der Waals surface area contributed by atoms with Crippen molar-refractivity contribution in [1.29, 1.82) is 5.26 Å². The van der Waals surface area contributed by atoms with Crippen LogP contribution in [0.3, 0.4) is 0 Å². The molecule has 5 rings (SSSR count). The number of imidazole rings is 1. The van der Waals surface area contributed by atoms with Crippen LogP contribution in [0, 0.1) is 18.3 Å². The first-order valence-corrected chi connectivity index (χ1v) is 9.76. The maximum atomic E-state index is 9.11. The zero-order valence-corrected chi connectivity index (χ0v) is 16.7. The molecule has 0 aliphatic heterocycles. The number of pyridine rings is 2. The third-order valence-electron chi connectivity index (χ3n) is 4.90. The van der Waals surface area contributed by atoms with Crippen molar-refractivity contribution in [3.05, 3.63) is 84.2 Å². The van der Waals surface area contributed by atoms with E-state index in [0.717, 1.165) is 45.5 Å². The van der Waals surface area contributed by atoms with Crippen LogP contribution in [-0.4, -0.2) is 29.5 Å². The van der Waals surface area contributed by atoms with Gasteiger partial charge in [-0.15, -0.1) is 0 Å². The van der Waals surface area contributed by atoms with Crippen LogP contribution in [0.2, 0.25) is 0 Å². The highest BCUT2D eigenvalue weighted by atomic mass is 15.3. The van der Waals surface area contributed by atoms with Crippen molar-refractivity contribution in [2.45, 2.75) is 13.5 Å². The molecular weight excluding hydrogens is 388 g/mol. The summed E-state index contributed by atoms with van der Waals surface area (Å²) in [6.45, 7) is 2.44. The Morgan fingerprint density at radius 1 is 1.10 bits per heavy atom. The Morgan fingerprint density at radius 2 is 2.00 bits per heavy atom. The van der Waals surface area contributed by atoms with E-state index < -0.39 is 0 Å². The second kappa shape index (κ2) is 7.72. The smallest absolute Gasteiger partial charge is 0.155 e. The Morgan fingerprint density at radius 3 is 2.87 bits per heavy atom. The molecular formula is C23H18N8. The molecule has 0 spiro atoms. The van der Waals surface area contributed by atoms with E-state index in [1.54, 1.807) is 10.6 Å². The quantitative estimate of drug-likeness (QED) is 0.457. The van der Waals surface area contributed by atoms with Gasteiger partial charge in [0, 0.05) is 23.1 Å². The number of aromatic amines is 1. The molecule has 150 valence electrons. The van der Waals surface area contributed by atoms with Crippen LogP contribution in [0.15, 0.2) is 67.1 Å². The minimum absolute atomic E-state index is 0.473. The lowest BCUT2D eigenvalue weighted by Crippen LogP contribution is -2.01. The van der Waals surface area contributed by atoms with Gasteiger partial charge in [0.25, 0.3) is 0 Å². The number of nitrogens with one attached hydrogen (secondary N) is 2. The number of rotatable bonds is 5. The highest BCUT2D eigenvalue weighted by Crippen LogP contribution is 2.30. The Balaban J connectivity index is 1.54. The number of H-pyrrole nitrogens is 1. The van der Waals surface area contributed by atoms with Crippen molar-refractivity contribution in [1.82, 2.24) is 29.5 Å². The summed E-state index contributed by atoms with van der Waals surface area (Å²) in [6, 6.07) is 19.3. The second-order valence-corrected chi connectivity index (χ2v) is 7.10. The molecule has 1 aromatic carbocycles. The fourth-order valence-corrected chi connectivity index (χ4v) is 3.43. The first kappa shape index (κ1) is 18.5. The minimum Gasteiger partial charge on any atom is -0.378 e. The van der Waals surface area contributed by atoms with Crippen molar-refractivity contribution in [3.8, 4) is 28.7 Å². The van der Waals surface area contributed by atoms with Crippen molar-refractivity contribution in [2.24, 2.45) is 0 Å². The zero-order valence-electron chi connectivity index (χ0n) is 16.7. The highest BCUT2D eigenvalue weighted by molar-refractivity contribution is 5.78. The summed E-state index contributed by atoms with van der Waals surface area (Å²) in [7, 11) is 0. The Kier molecular flexibility index (Phi) is 4.61. The average molecular weight is 406 g/mol. The second-order valence-electron chi connectivity index (χ2n) is 7.10. The number of aromatic nitrogens is 6. The Labute approximate surface area is 178 Å². The van der Waals surface area contributed by atoms with E-state index in [4.69, 9.17) is 10.2 Å². The molecule has 0 bridgehead atoms. The maximum absolute atomic E-state index is 9.11. The summed E-state index contributed by atoms with van der Waals surface area (Å²) in [5.41, 5.74) is 6.53. The molecule has 0 amide bonds. The molecule has 0 aliphatic rings. The van der Waals surface area contributed by atoms with E-state index in [9.17, 15) is 0 Å². The number of benzene rings is 1. The van der Waals surface area contributed by atoms with Gasteiger partial charge in [-0.2, -0.15) is 10.4 Å². The molecule has 8 nitrogen and oxygen atoms in total. The summed E-state index contributed by atoms with van der Waals surface area (Å²) in [4.78, 5) is 17.2. The summed E-state index contributed by atoms with van der Waals surface area (Å²) in [6.07, 6.45) is 3.39. The van der Waals surface area contributed by atoms with Gasteiger partial charge in [-0.25, -0.2) is 14.5 Å². The summed E-state index contributed by atoms with van der Waals surface area (Å²) >= 11 is 0. The van der Waals surface area contributed by atoms with Crippen LogP contribution >= 0.6 is 0 Å². The van der Waals surface area contributed by atoms with E-state index in [1.165, 1.54) is 6.33 Å². The van der Waals surface area contributed by atoms with Gasteiger partial charge in [-0.05, 0) is 49.4 Å². The molecule has 8 heteroatoms. The number of nitriles is 1. The maximum Gasteiger partial charge on any atom is 0.155 e. The average Bonchev–Trinajstić information content (AvgIpc) is 3.44. The number of anilines is 1. The molecule has 0 aliphatic carbocycles. The molecule has 4 heterocycles. The van der Waals surface area contributed by atoms with Gasteiger partial charge in [-0.3, -0.25) is 4.98 Å². The first-order valence-electron chi connectivity index (χ1n) is 9.76. The van der Waals surface area contributed by atoms with Gasteiger partial charge in [0.1, 0.15) is 12.2 Å². The van der Waals surface area contributed by atoms with E-state index in [2.05, 4.69) is 31.4 Å². The van der Waals surface area contributed by atoms with Crippen LogP contribution in [-0.2, 0) is 6.54 Å². The molecule has 0 atom stereocenters. The van der Waals surface area contributed by atoms with E-state index >= 15 is 0 Å². The number of aryl methyl sites for hydroxylation is 1. The lowest BCUT2D eigenvalue weighted by molar-refractivity contribution is 0.961. The topological polar surface area (TPSA) is 108 Å². The standard InChI is InChI=1S/C23H18N8/c1-15-4-2-7-19(28-15)23-22(17-8-9-31-21(11-17)26-14-27-31)29-20(30-23)13-25-18-6-3-5-16(10-18)12-24/h2-11,14,25H,13H2,1H3,(H,29,30). The van der Waals surface area contributed by atoms with Gasteiger partial charge >= 0.3 is 0 Å². The summed E-state index contributed by atoms with van der Waals surface area (Å²) < 4.78 is 1.71. The Hall–Kier alpha value is -4.51. The normalized spacial score (nSPS) is 10.8.